The molecule has 0 bridgehead atoms. The van der Waals surface area contributed by atoms with E-state index < -0.39 is 29.7 Å². The normalized spacial score (nSPS) is 18.1. The number of aliphatic carboxylic acids is 1. The van der Waals surface area contributed by atoms with Crippen molar-refractivity contribution in [3.05, 3.63) is 35.4 Å². The number of urea groups is 1. The number of nitrogens with one attached hydrogen (secondary N) is 1. The van der Waals surface area contributed by atoms with Crippen LogP contribution in [0.4, 0.5) is 13.6 Å². The molecule has 1 aliphatic heterocycles. The number of benzene rings is 1. The van der Waals surface area contributed by atoms with Crippen molar-refractivity contribution in [1.29, 1.82) is 0 Å². The highest BCUT2D eigenvalue weighted by Crippen LogP contribution is 2.18. The van der Waals surface area contributed by atoms with Gasteiger partial charge in [0.05, 0.1) is 6.54 Å². The first kappa shape index (κ1) is 14.2. The van der Waals surface area contributed by atoms with Crippen molar-refractivity contribution >= 4 is 12.0 Å². The van der Waals surface area contributed by atoms with Crippen molar-refractivity contribution in [2.45, 2.75) is 25.4 Å². The van der Waals surface area contributed by atoms with Gasteiger partial charge in [-0.3, -0.25) is 0 Å². The van der Waals surface area contributed by atoms with Gasteiger partial charge in [-0.15, -0.1) is 0 Å². The van der Waals surface area contributed by atoms with Crippen LogP contribution in [-0.2, 0) is 11.3 Å². The zero-order valence-corrected chi connectivity index (χ0v) is 10.6. The van der Waals surface area contributed by atoms with Crippen LogP contribution in [0, 0.1) is 11.6 Å². The Morgan fingerprint density at radius 3 is 2.60 bits per heavy atom. The summed E-state index contributed by atoms with van der Waals surface area (Å²) < 4.78 is 26.8. The van der Waals surface area contributed by atoms with Gasteiger partial charge < -0.3 is 15.3 Å². The number of carbonyl (C=O) groups is 2. The third-order valence-electron chi connectivity index (χ3n) is 3.28. The number of carboxylic acids is 1. The van der Waals surface area contributed by atoms with Gasteiger partial charge in [0.2, 0.25) is 0 Å². The molecule has 7 heteroatoms. The van der Waals surface area contributed by atoms with E-state index in [4.69, 9.17) is 5.11 Å². The number of amides is 2. The highest BCUT2D eigenvalue weighted by atomic mass is 19.1. The average molecular weight is 284 g/mol. The van der Waals surface area contributed by atoms with Crippen LogP contribution in [0.1, 0.15) is 18.4 Å². The maximum atomic E-state index is 13.4. The maximum Gasteiger partial charge on any atom is 0.326 e. The molecular formula is C13H14F2N2O3. The van der Waals surface area contributed by atoms with Crippen molar-refractivity contribution in [3.8, 4) is 0 Å². The van der Waals surface area contributed by atoms with Gasteiger partial charge >= 0.3 is 12.0 Å². The Labute approximate surface area is 114 Å². The molecule has 108 valence electrons. The first-order valence-corrected chi connectivity index (χ1v) is 6.21. The number of likely N-dealkylation sites (tertiary alicyclic amines) is 1. The lowest BCUT2D eigenvalue weighted by atomic mass is 10.2. The summed E-state index contributed by atoms with van der Waals surface area (Å²) in [5.74, 6) is -2.57. The molecule has 1 saturated heterocycles. The van der Waals surface area contributed by atoms with Crippen LogP contribution in [0.2, 0.25) is 0 Å². The highest BCUT2D eigenvalue weighted by Gasteiger charge is 2.33. The summed E-state index contributed by atoms with van der Waals surface area (Å²) >= 11 is 0. The lowest BCUT2D eigenvalue weighted by Crippen LogP contribution is -2.45. The molecule has 0 aromatic heterocycles. The molecule has 0 radical (unpaired) electrons. The lowest BCUT2D eigenvalue weighted by Gasteiger charge is -2.21. The van der Waals surface area contributed by atoms with Crippen LogP contribution in [0.5, 0.6) is 0 Å². The van der Waals surface area contributed by atoms with E-state index in [9.17, 15) is 18.4 Å². The second-order valence-electron chi connectivity index (χ2n) is 4.55. The van der Waals surface area contributed by atoms with E-state index in [1.54, 1.807) is 0 Å². The number of hydrogen-bond acceptors (Lipinski definition) is 2. The minimum absolute atomic E-state index is 0.244. The Hall–Kier alpha value is -2.18. The fourth-order valence-electron chi connectivity index (χ4n) is 2.23. The molecule has 1 aromatic rings. The molecule has 0 aliphatic carbocycles. The molecule has 1 fully saturated rings. The Balaban J connectivity index is 2.00. The molecule has 1 aromatic carbocycles. The molecule has 1 atom stereocenters. The second kappa shape index (κ2) is 5.85. The van der Waals surface area contributed by atoms with Gasteiger partial charge in [-0.05, 0) is 25.0 Å². The van der Waals surface area contributed by atoms with E-state index in [-0.39, 0.29) is 12.1 Å². The molecule has 0 spiro atoms. The Morgan fingerprint density at radius 1 is 1.35 bits per heavy atom. The summed E-state index contributed by atoms with van der Waals surface area (Å²) in [5, 5.41) is 11.3. The zero-order valence-electron chi connectivity index (χ0n) is 10.6. The molecule has 0 saturated carbocycles. The molecule has 1 heterocycles. The first-order valence-electron chi connectivity index (χ1n) is 6.21. The smallest absolute Gasteiger partial charge is 0.326 e. The van der Waals surface area contributed by atoms with Crippen LogP contribution < -0.4 is 5.32 Å². The van der Waals surface area contributed by atoms with Crippen molar-refractivity contribution < 1.29 is 23.5 Å². The van der Waals surface area contributed by atoms with Gasteiger partial charge in [-0.2, -0.15) is 0 Å². The quantitative estimate of drug-likeness (QED) is 0.888. The van der Waals surface area contributed by atoms with E-state index in [0.29, 0.717) is 19.4 Å². The number of nitrogens with zero attached hydrogens (tertiary/aromatic N) is 1. The van der Waals surface area contributed by atoms with E-state index in [1.807, 2.05) is 0 Å². The van der Waals surface area contributed by atoms with Gasteiger partial charge in [-0.25, -0.2) is 18.4 Å². The molecule has 2 N–H and O–H groups in total. The minimum atomic E-state index is -1.07. The summed E-state index contributed by atoms with van der Waals surface area (Å²) in [7, 11) is 0. The highest BCUT2D eigenvalue weighted by molar-refractivity contribution is 5.83. The predicted octanol–water partition coefficient (Wildman–Crippen LogP) is 1.72. The monoisotopic (exact) mass is 284 g/mol. The third kappa shape index (κ3) is 2.87. The van der Waals surface area contributed by atoms with E-state index >= 15 is 0 Å². The van der Waals surface area contributed by atoms with Crippen molar-refractivity contribution in [3.63, 3.8) is 0 Å². The summed E-state index contributed by atoms with van der Waals surface area (Å²) in [4.78, 5) is 24.0. The molecule has 2 rings (SSSR count). The molecule has 20 heavy (non-hydrogen) atoms. The standard InChI is InChI=1S/C13H14F2N2O3/c14-9-3-1-4-10(15)8(9)7-16-13(20)17-6-2-5-11(17)12(18)19/h1,3-4,11H,2,5-7H2,(H,16,20)(H,18,19). The summed E-state index contributed by atoms with van der Waals surface area (Å²) in [6.07, 6.45) is 0.981. The Kier molecular flexibility index (Phi) is 4.16. The van der Waals surface area contributed by atoms with Crippen LogP contribution in [0.3, 0.4) is 0 Å². The Bertz CT molecular complexity index is 516. The van der Waals surface area contributed by atoms with E-state index in [0.717, 1.165) is 12.1 Å². The number of halogens is 2. The summed E-state index contributed by atoms with van der Waals surface area (Å²) in [6, 6.07) is 1.93. The van der Waals surface area contributed by atoms with Crippen LogP contribution >= 0.6 is 0 Å². The van der Waals surface area contributed by atoms with Crippen molar-refractivity contribution in [2.75, 3.05) is 6.54 Å². The van der Waals surface area contributed by atoms with Crippen molar-refractivity contribution in [2.24, 2.45) is 0 Å². The maximum absolute atomic E-state index is 13.4. The van der Waals surface area contributed by atoms with Gasteiger partial charge in [0.1, 0.15) is 17.7 Å². The first-order chi connectivity index (χ1) is 9.50. The number of hydrogen-bond donors (Lipinski definition) is 2. The molecular weight excluding hydrogens is 270 g/mol. The molecule has 2 amide bonds. The largest absolute Gasteiger partial charge is 0.480 e. The second-order valence-corrected chi connectivity index (χ2v) is 4.55. The molecule has 1 unspecified atom stereocenters. The predicted molar refractivity (Wildman–Crippen MR) is 66.0 cm³/mol. The fourth-order valence-corrected chi connectivity index (χ4v) is 2.23. The van der Waals surface area contributed by atoms with E-state index in [2.05, 4.69) is 5.32 Å². The zero-order chi connectivity index (χ0) is 14.7. The lowest BCUT2D eigenvalue weighted by molar-refractivity contribution is -0.141. The van der Waals surface area contributed by atoms with Crippen molar-refractivity contribution in [1.82, 2.24) is 10.2 Å². The van der Waals surface area contributed by atoms with Gasteiger partial charge in [0.15, 0.2) is 0 Å². The summed E-state index contributed by atoms with van der Waals surface area (Å²) in [5.41, 5.74) is -0.244. The third-order valence-corrected chi connectivity index (χ3v) is 3.28. The minimum Gasteiger partial charge on any atom is -0.480 e. The van der Waals surface area contributed by atoms with E-state index in [1.165, 1.54) is 11.0 Å². The topological polar surface area (TPSA) is 69.6 Å². The molecule has 5 nitrogen and oxygen atoms in total. The van der Waals surface area contributed by atoms with Crippen LogP contribution in [0.15, 0.2) is 18.2 Å². The SMILES string of the molecule is O=C(O)C1CCCN1C(=O)NCc1c(F)cccc1F. The Morgan fingerprint density at radius 2 is 2.00 bits per heavy atom. The number of carbonyl (C=O) groups excluding carboxylic acids is 1. The van der Waals surface area contributed by atoms with Crippen LogP contribution in [-0.4, -0.2) is 34.6 Å². The van der Waals surface area contributed by atoms with Gasteiger partial charge in [0.25, 0.3) is 0 Å². The summed E-state index contributed by atoms with van der Waals surface area (Å²) in [6.45, 7) is 0.00271. The average Bonchev–Trinajstić information content (AvgIpc) is 2.87. The number of carboxylic acid groups (broad SMARTS) is 1. The molecule has 1 aliphatic rings. The van der Waals surface area contributed by atoms with Gasteiger partial charge in [-0.1, -0.05) is 6.07 Å². The van der Waals surface area contributed by atoms with Crippen LogP contribution in [0.25, 0.3) is 0 Å². The number of rotatable bonds is 3. The fraction of sp³-hybridized carbons (Fsp3) is 0.385. The van der Waals surface area contributed by atoms with Gasteiger partial charge in [0, 0.05) is 12.1 Å².